The van der Waals surface area contributed by atoms with Gasteiger partial charge in [0, 0.05) is 43.9 Å². The number of nitrogens with zero attached hydrogens (tertiary/aromatic N) is 2. The molecule has 0 aromatic carbocycles. The molecule has 2 aromatic rings. The minimum absolute atomic E-state index is 0. The van der Waals surface area contributed by atoms with Crippen LogP contribution in [0, 0.1) is 20.6 Å². The third-order valence-electron chi connectivity index (χ3n) is 1.72. The number of fused-ring (bicyclic) bond motifs is 1. The van der Waals surface area contributed by atoms with Crippen molar-refractivity contribution in [3.05, 3.63) is 43.8 Å². The summed E-state index contributed by atoms with van der Waals surface area (Å²) >= 11 is 1.48. The van der Waals surface area contributed by atoms with E-state index >= 15 is 0 Å². The van der Waals surface area contributed by atoms with Crippen LogP contribution in [0.15, 0.2) is 29.4 Å². The van der Waals surface area contributed by atoms with Crippen molar-refractivity contribution < 1.29 is 32.7 Å². The largest absolute Gasteiger partial charge is 0.358 e. The Morgan fingerprint density at radius 3 is 2.79 bits per heavy atom. The van der Waals surface area contributed by atoms with Gasteiger partial charge in [-0.1, -0.05) is 6.07 Å². The van der Waals surface area contributed by atoms with E-state index in [9.17, 15) is 0 Å². The molecule has 2 rings (SSSR count). The predicted octanol–water partition coefficient (Wildman–Crippen LogP) is 2.97. The fourth-order valence-electron chi connectivity index (χ4n) is 1.22. The molecule has 2 nitrogen and oxygen atoms in total. The van der Waals surface area contributed by atoms with Gasteiger partial charge >= 0.3 is 0 Å². The molecule has 0 unspecified atom stereocenters. The van der Waals surface area contributed by atoms with Crippen molar-refractivity contribution in [3.63, 3.8) is 0 Å². The van der Waals surface area contributed by atoms with E-state index in [0.717, 1.165) is 16.4 Å². The molecular formula is C10H12N2SY-2. The zero-order valence-corrected chi connectivity index (χ0v) is 12.1. The van der Waals surface area contributed by atoms with Crippen LogP contribution in [0.3, 0.4) is 0 Å². The summed E-state index contributed by atoms with van der Waals surface area (Å²) in [6, 6.07) is 6.02. The molecule has 0 aliphatic rings. The van der Waals surface area contributed by atoms with Gasteiger partial charge in [0.25, 0.3) is 0 Å². The summed E-state index contributed by atoms with van der Waals surface area (Å²) in [6.45, 7) is 1.99. The first-order chi connectivity index (χ1) is 5.81. The number of hydrogen-bond acceptors (Lipinski definition) is 2. The van der Waals surface area contributed by atoms with Gasteiger partial charge in [0.1, 0.15) is 5.65 Å². The SMILES string of the molecule is [CH2-]Sc1cccc2nc(C)cn12.[CH3-].[Y]. The summed E-state index contributed by atoms with van der Waals surface area (Å²) in [4.78, 5) is 4.34. The molecule has 0 N–H and O–H groups in total. The maximum atomic E-state index is 4.34. The van der Waals surface area contributed by atoms with Crippen molar-refractivity contribution in [2.75, 3.05) is 0 Å². The first-order valence-corrected chi connectivity index (χ1v) is 4.66. The number of hydrogen-bond donors (Lipinski definition) is 0. The van der Waals surface area contributed by atoms with Crippen LogP contribution >= 0.6 is 11.8 Å². The zero-order valence-electron chi connectivity index (χ0n) is 8.40. The second-order valence-corrected chi connectivity index (χ2v) is 3.33. The quantitative estimate of drug-likeness (QED) is 0.590. The second-order valence-electron chi connectivity index (χ2n) is 2.62. The molecule has 1 radical (unpaired) electrons. The summed E-state index contributed by atoms with van der Waals surface area (Å²) in [6.07, 6.45) is 5.80. The molecule has 0 bridgehead atoms. The number of aromatic nitrogens is 2. The van der Waals surface area contributed by atoms with Crippen molar-refractivity contribution in [3.8, 4) is 0 Å². The summed E-state index contributed by atoms with van der Waals surface area (Å²) < 4.78 is 2.05. The summed E-state index contributed by atoms with van der Waals surface area (Å²) in [5.74, 6) is 0. The van der Waals surface area contributed by atoms with Crippen LogP contribution in [0.25, 0.3) is 5.65 Å². The van der Waals surface area contributed by atoms with E-state index in [0.29, 0.717) is 0 Å². The van der Waals surface area contributed by atoms with E-state index in [-0.39, 0.29) is 40.1 Å². The van der Waals surface area contributed by atoms with Crippen molar-refractivity contribution >= 4 is 17.4 Å². The van der Waals surface area contributed by atoms with Crippen molar-refractivity contribution in [1.29, 1.82) is 0 Å². The number of rotatable bonds is 1. The summed E-state index contributed by atoms with van der Waals surface area (Å²) in [7, 11) is 0. The standard InChI is InChI=1S/C9H9N2S.CH3.Y/c1-7-6-11-8(10-7)4-3-5-9(11)12-2;;/h3-6H,2H2,1H3;1H3;/q2*-1;. The number of pyridine rings is 1. The van der Waals surface area contributed by atoms with E-state index in [1.54, 1.807) is 0 Å². The molecule has 0 fully saturated rings. The van der Waals surface area contributed by atoms with Crippen molar-refractivity contribution in [2.45, 2.75) is 11.9 Å². The Bertz CT molecular complexity index is 411. The fraction of sp³-hybridized carbons (Fsp3) is 0.100. The predicted molar refractivity (Wildman–Crippen MR) is 57.6 cm³/mol. The number of imidazole rings is 1. The molecular weight excluding hydrogens is 269 g/mol. The monoisotopic (exact) mass is 281 g/mol. The van der Waals surface area contributed by atoms with Gasteiger partial charge in [-0.25, -0.2) is 4.98 Å². The molecule has 0 saturated heterocycles. The Balaban J connectivity index is 0.000000845. The van der Waals surface area contributed by atoms with Crippen molar-refractivity contribution in [1.82, 2.24) is 9.38 Å². The maximum absolute atomic E-state index is 4.34. The van der Waals surface area contributed by atoms with Crippen LogP contribution < -0.4 is 0 Å². The molecule has 73 valence electrons. The molecule has 2 heterocycles. The van der Waals surface area contributed by atoms with Gasteiger partial charge in [-0.3, -0.25) is 10.7 Å². The average Bonchev–Trinajstić information content (AvgIpc) is 2.44. The van der Waals surface area contributed by atoms with E-state index in [1.165, 1.54) is 11.8 Å². The molecule has 2 aromatic heterocycles. The van der Waals surface area contributed by atoms with E-state index < -0.39 is 0 Å². The molecule has 0 spiro atoms. The van der Waals surface area contributed by atoms with Gasteiger partial charge in [0.15, 0.2) is 0 Å². The summed E-state index contributed by atoms with van der Waals surface area (Å²) in [5, 5.41) is 1.12. The van der Waals surface area contributed by atoms with Crippen LogP contribution in [0.2, 0.25) is 0 Å². The van der Waals surface area contributed by atoms with Gasteiger partial charge in [-0.05, 0) is 19.1 Å². The molecule has 0 saturated carbocycles. The van der Waals surface area contributed by atoms with E-state index in [2.05, 4.69) is 11.2 Å². The fourth-order valence-corrected chi connectivity index (χ4v) is 1.69. The van der Waals surface area contributed by atoms with Gasteiger partial charge < -0.3 is 19.2 Å². The maximum Gasteiger partial charge on any atom is 0.137 e. The van der Waals surface area contributed by atoms with Crippen molar-refractivity contribution in [2.24, 2.45) is 0 Å². The second kappa shape index (κ2) is 5.89. The third kappa shape index (κ3) is 2.59. The molecule has 0 aliphatic carbocycles. The smallest absolute Gasteiger partial charge is 0.137 e. The Labute approximate surface area is 114 Å². The number of aryl methyl sites for hydroxylation is 1. The van der Waals surface area contributed by atoms with Gasteiger partial charge in [-0.2, -0.15) is 0 Å². The Morgan fingerprint density at radius 1 is 1.43 bits per heavy atom. The van der Waals surface area contributed by atoms with Crippen LogP contribution in [0.5, 0.6) is 0 Å². The normalized spacial score (nSPS) is 9.29. The molecule has 0 aliphatic heterocycles. The Hall–Kier alpha value is 0.144. The Morgan fingerprint density at radius 2 is 2.14 bits per heavy atom. The van der Waals surface area contributed by atoms with Gasteiger partial charge in [0.05, 0.1) is 5.69 Å². The van der Waals surface area contributed by atoms with E-state index in [4.69, 9.17) is 0 Å². The topological polar surface area (TPSA) is 17.3 Å². The third-order valence-corrected chi connectivity index (χ3v) is 2.35. The van der Waals surface area contributed by atoms with Crippen LogP contribution in [-0.2, 0) is 32.7 Å². The molecule has 0 amide bonds. The number of thioether (sulfide) groups is 1. The van der Waals surface area contributed by atoms with Gasteiger partial charge in [0.2, 0.25) is 0 Å². The summed E-state index contributed by atoms with van der Waals surface area (Å²) in [5.41, 5.74) is 2.03. The van der Waals surface area contributed by atoms with Crippen LogP contribution in [0.1, 0.15) is 5.69 Å². The molecule has 4 heteroatoms. The first kappa shape index (κ1) is 14.1. The van der Waals surface area contributed by atoms with Gasteiger partial charge in [-0.15, -0.1) is 0 Å². The molecule has 0 atom stereocenters. The average molecular weight is 281 g/mol. The van der Waals surface area contributed by atoms with Crippen LogP contribution in [-0.4, -0.2) is 9.38 Å². The Kier molecular flexibility index (Phi) is 5.95. The molecule has 14 heavy (non-hydrogen) atoms. The minimum atomic E-state index is 0. The van der Waals surface area contributed by atoms with Crippen LogP contribution in [0.4, 0.5) is 0 Å². The van der Waals surface area contributed by atoms with E-state index in [1.807, 2.05) is 35.7 Å². The first-order valence-electron chi connectivity index (χ1n) is 3.68. The minimum Gasteiger partial charge on any atom is -0.358 e. The zero-order chi connectivity index (χ0) is 8.55.